The van der Waals surface area contributed by atoms with Crippen molar-refractivity contribution in [3.8, 4) is 0 Å². The second-order valence-corrected chi connectivity index (χ2v) is 3.26. The van der Waals surface area contributed by atoms with Gasteiger partial charge in [0.2, 0.25) is 0 Å². The average molecular weight is 224 g/mol. The largest absolute Gasteiger partial charge is 0.478 e. The first-order chi connectivity index (χ1) is 7.56. The molecule has 0 saturated carbocycles. The highest BCUT2D eigenvalue weighted by atomic mass is 16.4. The standard InChI is InChI=1S/C10H12N2O4/c1-2-3-4-7-11-5-6(9(13)14)8(12-7)10(15)16/h5H,2-4H2,1H3,(H,13,14)(H,15,16). The van der Waals surface area contributed by atoms with Gasteiger partial charge >= 0.3 is 11.9 Å². The van der Waals surface area contributed by atoms with Crippen LogP contribution in [0.5, 0.6) is 0 Å². The van der Waals surface area contributed by atoms with Gasteiger partial charge in [-0.05, 0) is 6.42 Å². The molecular formula is C10H12N2O4. The Kier molecular flexibility index (Phi) is 3.93. The summed E-state index contributed by atoms with van der Waals surface area (Å²) in [5.41, 5.74) is -0.832. The Morgan fingerprint density at radius 3 is 2.50 bits per heavy atom. The minimum atomic E-state index is -1.35. The van der Waals surface area contributed by atoms with Gasteiger partial charge in [0, 0.05) is 12.6 Å². The van der Waals surface area contributed by atoms with Crippen LogP contribution in [0.25, 0.3) is 0 Å². The maximum Gasteiger partial charge on any atom is 0.355 e. The smallest absolute Gasteiger partial charge is 0.355 e. The van der Waals surface area contributed by atoms with Crippen LogP contribution in [0, 0.1) is 0 Å². The van der Waals surface area contributed by atoms with E-state index in [1.165, 1.54) is 0 Å². The number of carboxylic acid groups (broad SMARTS) is 2. The molecule has 0 bridgehead atoms. The lowest BCUT2D eigenvalue weighted by Gasteiger charge is -2.03. The molecule has 1 aromatic rings. The van der Waals surface area contributed by atoms with Gasteiger partial charge in [0.05, 0.1) is 0 Å². The maximum absolute atomic E-state index is 10.8. The first kappa shape index (κ1) is 12.1. The average Bonchev–Trinajstić information content (AvgIpc) is 2.25. The third kappa shape index (κ3) is 2.75. The number of nitrogens with zero attached hydrogens (tertiary/aromatic N) is 2. The van der Waals surface area contributed by atoms with Gasteiger partial charge in [-0.25, -0.2) is 19.6 Å². The number of aryl methyl sites for hydroxylation is 1. The van der Waals surface area contributed by atoms with E-state index in [0.717, 1.165) is 19.0 Å². The van der Waals surface area contributed by atoms with Crippen LogP contribution in [0.3, 0.4) is 0 Å². The molecule has 0 aromatic carbocycles. The molecule has 1 aromatic heterocycles. The molecule has 0 unspecified atom stereocenters. The van der Waals surface area contributed by atoms with E-state index in [-0.39, 0.29) is 5.56 Å². The van der Waals surface area contributed by atoms with Crippen LogP contribution in [0.15, 0.2) is 6.20 Å². The lowest BCUT2D eigenvalue weighted by atomic mass is 10.2. The number of carbonyl (C=O) groups is 2. The number of aromatic carboxylic acids is 2. The molecule has 6 nitrogen and oxygen atoms in total. The Morgan fingerprint density at radius 2 is 2.00 bits per heavy atom. The summed E-state index contributed by atoms with van der Waals surface area (Å²) in [7, 11) is 0. The summed E-state index contributed by atoms with van der Waals surface area (Å²) in [6.07, 6.45) is 3.37. The summed E-state index contributed by atoms with van der Waals surface area (Å²) in [5.74, 6) is -2.32. The Bertz CT molecular complexity index is 417. The van der Waals surface area contributed by atoms with Gasteiger partial charge in [-0.3, -0.25) is 0 Å². The van der Waals surface area contributed by atoms with Crippen LogP contribution in [0.1, 0.15) is 46.4 Å². The van der Waals surface area contributed by atoms with Gasteiger partial charge in [-0.2, -0.15) is 0 Å². The van der Waals surface area contributed by atoms with E-state index in [2.05, 4.69) is 9.97 Å². The molecule has 1 heterocycles. The normalized spacial score (nSPS) is 10.1. The first-order valence-corrected chi connectivity index (χ1v) is 4.88. The summed E-state index contributed by atoms with van der Waals surface area (Å²) in [6, 6.07) is 0. The first-order valence-electron chi connectivity index (χ1n) is 4.88. The Morgan fingerprint density at radius 1 is 1.31 bits per heavy atom. The molecule has 0 aliphatic carbocycles. The molecule has 0 amide bonds. The fourth-order valence-electron chi connectivity index (χ4n) is 1.19. The van der Waals surface area contributed by atoms with E-state index in [1.807, 2.05) is 6.92 Å². The van der Waals surface area contributed by atoms with Crippen LogP contribution < -0.4 is 0 Å². The highest BCUT2D eigenvalue weighted by Crippen LogP contribution is 2.07. The summed E-state index contributed by atoms with van der Waals surface area (Å²) in [5, 5.41) is 17.5. The van der Waals surface area contributed by atoms with E-state index < -0.39 is 17.6 Å². The molecular weight excluding hydrogens is 212 g/mol. The molecule has 0 aliphatic heterocycles. The zero-order valence-corrected chi connectivity index (χ0v) is 8.80. The third-order valence-corrected chi connectivity index (χ3v) is 2.03. The van der Waals surface area contributed by atoms with Crippen molar-refractivity contribution in [2.45, 2.75) is 26.2 Å². The minimum absolute atomic E-state index is 0.365. The molecule has 2 N–H and O–H groups in total. The molecule has 0 fully saturated rings. The van der Waals surface area contributed by atoms with Gasteiger partial charge in [0.25, 0.3) is 0 Å². The molecule has 86 valence electrons. The predicted octanol–water partition coefficient (Wildman–Crippen LogP) is 1.22. The van der Waals surface area contributed by atoms with E-state index in [4.69, 9.17) is 10.2 Å². The van der Waals surface area contributed by atoms with Crippen LogP contribution >= 0.6 is 0 Å². The second kappa shape index (κ2) is 5.20. The van der Waals surface area contributed by atoms with Crippen LogP contribution in [0.4, 0.5) is 0 Å². The number of rotatable bonds is 5. The van der Waals surface area contributed by atoms with Crippen molar-refractivity contribution in [1.29, 1.82) is 0 Å². The molecule has 6 heteroatoms. The number of unbranched alkanes of at least 4 members (excludes halogenated alkanes) is 1. The lowest BCUT2D eigenvalue weighted by Crippen LogP contribution is -2.13. The maximum atomic E-state index is 10.8. The molecule has 0 spiro atoms. The van der Waals surface area contributed by atoms with Crippen molar-refractivity contribution in [2.75, 3.05) is 0 Å². The van der Waals surface area contributed by atoms with E-state index in [0.29, 0.717) is 12.2 Å². The van der Waals surface area contributed by atoms with Crippen molar-refractivity contribution in [2.24, 2.45) is 0 Å². The number of carboxylic acids is 2. The van der Waals surface area contributed by atoms with E-state index >= 15 is 0 Å². The SMILES string of the molecule is CCCCc1ncc(C(=O)O)c(C(=O)O)n1. The van der Waals surface area contributed by atoms with E-state index in [1.54, 1.807) is 0 Å². The number of hydrogen-bond acceptors (Lipinski definition) is 4. The number of aromatic nitrogens is 2. The van der Waals surface area contributed by atoms with Crippen molar-refractivity contribution in [1.82, 2.24) is 9.97 Å². The fraction of sp³-hybridized carbons (Fsp3) is 0.400. The lowest BCUT2D eigenvalue weighted by molar-refractivity contribution is 0.0645. The molecule has 1 rings (SSSR count). The predicted molar refractivity (Wildman–Crippen MR) is 54.6 cm³/mol. The van der Waals surface area contributed by atoms with Gasteiger partial charge in [0.15, 0.2) is 5.69 Å². The zero-order valence-electron chi connectivity index (χ0n) is 8.80. The minimum Gasteiger partial charge on any atom is -0.478 e. The number of hydrogen-bond donors (Lipinski definition) is 2. The highest BCUT2D eigenvalue weighted by molar-refractivity contribution is 5.99. The van der Waals surface area contributed by atoms with Crippen LogP contribution in [-0.4, -0.2) is 32.1 Å². The molecule has 0 radical (unpaired) electrons. The zero-order chi connectivity index (χ0) is 12.1. The molecule has 0 aliphatic rings. The van der Waals surface area contributed by atoms with Crippen molar-refractivity contribution < 1.29 is 19.8 Å². The summed E-state index contributed by atoms with van der Waals surface area (Å²) < 4.78 is 0. The summed E-state index contributed by atoms with van der Waals surface area (Å²) in [6.45, 7) is 1.99. The van der Waals surface area contributed by atoms with Crippen LogP contribution in [0.2, 0.25) is 0 Å². The van der Waals surface area contributed by atoms with Gasteiger partial charge < -0.3 is 10.2 Å². The summed E-state index contributed by atoms with van der Waals surface area (Å²) >= 11 is 0. The topological polar surface area (TPSA) is 100 Å². The van der Waals surface area contributed by atoms with Crippen LogP contribution in [-0.2, 0) is 6.42 Å². The quantitative estimate of drug-likeness (QED) is 0.779. The summed E-state index contributed by atoms with van der Waals surface area (Å²) in [4.78, 5) is 29.1. The van der Waals surface area contributed by atoms with Crippen molar-refractivity contribution >= 4 is 11.9 Å². The monoisotopic (exact) mass is 224 g/mol. The third-order valence-electron chi connectivity index (χ3n) is 2.03. The van der Waals surface area contributed by atoms with Crippen molar-refractivity contribution in [3.63, 3.8) is 0 Å². The Balaban J connectivity index is 3.07. The van der Waals surface area contributed by atoms with Gasteiger partial charge in [-0.15, -0.1) is 0 Å². The van der Waals surface area contributed by atoms with Gasteiger partial charge in [0.1, 0.15) is 11.4 Å². The molecule has 0 saturated heterocycles. The van der Waals surface area contributed by atoms with E-state index in [9.17, 15) is 9.59 Å². The highest BCUT2D eigenvalue weighted by Gasteiger charge is 2.18. The molecule has 16 heavy (non-hydrogen) atoms. The fourth-order valence-corrected chi connectivity index (χ4v) is 1.19. The Labute approximate surface area is 92.0 Å². The van der Waals surface area contributed by atoms with Crippen molar-refractivity contribution in [3.05, 3.63) is 23.3 Å². The molecule has 0 atom stereocenters. The second-order valence-electron chi connectivity index (χ2n) is 3.26. The Hall–Kier alpha value is -1.98. The van der Waals surface area contributed by atoms with Gasteiger partial charge in [-0.1, -0.05) is 13.3 Å².